The van der Waals surface area contributed by atoms with E-state index in [0.29, 0.717) is 12.0 Å². The number of Topliss-reactive ketones (excluding diaryl/α,β-unsaturated/α-hetero) is 1. The first-order valence-electron chi connectivity index (χ1n) is 7.17. The van der Waals surface area contributed by atoms with Gasteiger partial charge in [-0.05, 0) is 50.9 Å². The summed E-state index contributed by atoms with van der Waals surface area (Å²) < 4.78 is 5.42. The predicted octanol–water partition coefficient (Wildman–Crippen LogP) is 2.07. The zero-order valence-electron chi connectivity index (χ0n) is 12.6. The second-order valence-corrected chi connectivity index (χ2v) is 5.70. The summed E-state index contributed by atoms with van der Waals surface area (Å²) in [5, 5.41) is 0. The van der Waals surface area contributed by atoms with Crippen LogP contribution in [-0.4, -0.2) is 36.9 Å². The highest BCUT2D eigenvalue weighted by molar-refractivity contribution is 5.94. The molecule has 2 rings (SSSR count). The van der Waals surface area contributed by atoms with Gasteiger partial charge in [0.25, 0.3) is 0 Å². The number of methoxy groups -OCH3 is 1. The number of hydrogen-bond acceptors (Lipinski definition) is 4. The highest BCUT2D eigenvalue weighted by Crippen LogP contribution is 2.28. The molecule has 1 aromatic rings. The molecule has 20 heavy (non-hydrogen) atoms. The zero-order chi connectivity index (χ0) is 14.7. The van der Waals surface area contributed by atoms with Gasteiger partial charge in [-0.2, -0.15) is 0 Å². The number of hydrogen-bond donors (Lipinski definition) is 1. The van der Waals surface area contributed by atoms with Crippen LogP contribution in [0.4, 0.5) is 0 Å². The molecule has 4 heteroatoms. The maximum absolute atomic E-state index is 11.5. The Labute approximate surface area is 120 Å². The molecule has 1 aliphatic heterocycles. The van der Waals surface area contributed by atoms with Crippen LogP contribution in [0, 0.1) is 5.92 Å². The van der Waals surface area contributed by atoms with Crippen molar-refractivity contribution >= 4 is 5.78 Å². The topological polar surface area (TPSA) is 55.6 Å². The van der Waals surface area contributed by atoms with E-state index in [9.17, 15) is 4.79 Å². The Bertz CT molecular complexity index is 487. The van der Waals surface area contributed by atoms with Gasteiger partial charge >= 0.3 is 0 Å². The summed E-state index contributed by atoms with van der Waals surface area (Å²) in [6.45, 7) is 6.39. The van der Waals surface area contributed by atoms with Gasteiger partial charge in [0, 0.05) is 30.3 Å². The van der Waals surface area contributed by atoms with Crippen molar-refractivity contribution in [3.05, 3.63) is 29.3 Å². The second-order valence-electron chi connectivity index (χ2n) is 5.70. The third-order valence-electron chi connectivity index (χ3n) is 4.18. The predicted molar refractivity (Wildman–Crippen MR) is 80.0 cm³/mol. The lowest BCUT2D eigenvalue weighted by atomic mass is 10.1. The molecule has 4 nitrogen and oxygen atoms in total. The van der Waals surface area contributed by atoms with E-state index in [1.807, 2.05) is 18.2 Å². The van der Waals surface area contributed by atoms with Crippen molar-refractivity contribution in [2.75, 3.05) is 20.2 Å². The van der Waals surface area contributed by atoms with Crippen LogP contribution in [0.5, 0.6) is 5.75 Å². The molecule has 110 valence electrons. The van der Waals surface area contributed by atoms with E-state index < -0.39 is 0 Å². The smallest absolute Gasteiger partial charge is 0.159 e. The number of carbonyl (C=O) groups is 1. The van der Waals surface area contributed by atoms with E-state index in [4.69, 9.17) is 10.5 Å². The molecule has 2 atom stereocenters. The summed E-state index contributed by atoms with van der Waals surface area (Å²) in [5.41, 5.74) is 7.59. The van der Waals surface area contributed by atoms with Gasteiger partial charge in [0.05, 0.1) is 7.11 Å². The Morgan fingerprint density at radius 1 is 1.50 bits per heavy atom. The Morgan fingerprint density at radius 2 is 2.25 bits per heavy atom. The van der Waals surface area contributed by atoms with Crippen LogP contribution in [0.3, 0.4) is 0 Å². The number of ketones is 1. The van der Waals surface area contributed by atoms with Crippen LogP contribution >= 0.6 is 0 Å². The van der Waals surface area contributed by atoms with Crippen molar-refractivity contribution in [2.45, 2.75) is 32.9 Å². The van der Waals surface area contributed by atoms with Crippen molar-refractivity contribution in [3.63, 3.8) is 0 Å². The van der Waals surface area contributed by atoms with Gasteiger partial charge in [0.15, 0.2) is 5.78 Å². The summed E-state index contributed by atoms with van der Waals surface area (Å²) in [5.74, 6) is 1.51. The normalized spacial score (nSPS) is 23.0. The maximum Gasteiger partial charge on any atom is 0.159 e. The Hall–Kier alpha value is -1.39. The summed E-state index contributed by atoms with van der Waals surface area (Å²) in [4.78, 5) is 13.9. The van der Waals surface area contributed by atoms with Gasteiger partial charge in [0.2, 0.25) is 0 Å². The third kappa shape index (κ3) is 3.19. The molecule has 1 aliphatic rings. The molecular formula is C16H24N2O2. The number of benzene rings is 1. The summed E-state index contributed by atoms with van der Waals surface area (Å²) in [6, 6.07) is 6.17. The molecule has 1 fully saturated rings. The minimum Gasteiger partial charge on any atom is -0.496 e. The molecular weight excluding hydrogens is 252 g/mol. The summed E-state index contributed by atoms with van der Waals surface area (Å²) in [7, 11) is 1.67. The van der Waals surface area contributed by atoms with Gasteiger partial charge in [-0.25, -0.2) is 0 Å². The molecule has 2 unspecified atom stereocenters. The second kappa shape index (κ2) is 6.37. The van der Waals surface area contributed by atoms with Gasteiger partial charge in [-0.3, -0.25) is 9.69 Å². The molecule has 2 N–H and O–H groups in total. The van der Waals surface area contributed by atoms with Crippen LogP contribution < -0.4 is 10.5 Å². The molecule has 1 aromatic carbocycles. The van der Waals surface area contributed by atoms with Gasteiger partial charge in [-0.1, -0.05) is 0 Å². The van der Waals surface area contributed by atoms with Crippen molar-refractivity contribution in [1.29, 1.82) is 0 Å². The first kappa shape index (κ1) is 15.0. The Morgan fingerprint density at radius 3 is 2.80 bits per heavy atom. The summed E-state index contributed by atoms with van der Waals surface area (Å²) >= 11 is 0. The maximum atomic E-state index is 11.5. The molecule has 0 amide bonds. The number of likely N-dealkylation sites (tertiary alicyclic amines) is 1. The third-order valence-corrected chi connectivity index (χ3v) is 4.18. The van der Waals surface area contributed by atoms with Crippen molar-refractivity contribution < 1.29 is 9.53 Å². The minimum absolute atomic E-state index is 0.0863. The molecule has 0 aromatic heterocycles. The lowest BCUT2D eigenvalue weighted by Gasteiger charge is -2.22. The lowest BCUT2D eigenvalue weighted by molar-refractivity contribution is 0.101. The zero-order valence-corrected chi connectivity index (χ0v) is 12.6. The van der Waals surface area contributed by atoms with E-state index in [1.54, 1.807) is 14.0 Å². The van der Waals surface area contributed by atoms with Crippen LogP contribution in [-0.2, 0) is 6.54 Å². The average molecular weight is 276 g/mol. The van der Waals surface area contributed by atoms with Crippen molar-refractivity contribution in [1.82, 2.24) is 4.90 Å². The van der Waals surface area contributed by atoms with Gasteiger partial charge in [0.1, 0.15) is 5.75 Å². The van der Waals surface area contributed by atoms with Gasteiger partial charge in [-0.15, -0.1) is 0 Å². The Kier molecular flexibility index (Phi) is 4.78. The quantitative estimate of drug-likeness (QED) is 0.836. The standard InChI is InChI=1S/C16H24N2O2/c1-11-6-13(8-17)9-18(11)10-15-7-14(12(2)19)4-5-16(15)20-3/h4-5,7,11,13H,6,8-10,17H2,1-3H3. The monoisotopic (exact) mass is 276 g/mol. The fraction of sp³-hybridized carbons (Fsp3) is 0.562. The van der Waals surface area contributed by atoms with Crippen molar-refractivity contribution in [2.24, 2.45) is 11.7 Å². The molecule has 0 bridgehead atoms. The summed E-state index contributed by atoms with van der Waals surface area (Å²) in [6.07, 6.45) is 1.14. The molecule has 1 saturated heterocycles. The van der Waals surface area contributed by atoms with Crippen LogP contribution in [0.25, 0.3) is 0 Å². The van der Waals surface area contributed by atoms with Crippen molar-refractivity contribution in [3.8, 4) is 5.75 Å². The number of ether oxygens (including phenoxy) is 1. The average Bonchev–Trinajstić information content (AvgIpc) is 2.79. The SMILES string of the molecule is COc1ccc(C(C)=O)cc1CN1CC(CN)CC1C. The molecule has 0 spiro atoms. The van der Waals surface area contributed by atoms with E-state index in [2.05, 4.69) is 11.8 Å². The molecule has 0 radical (unpaired) electrons. The minimum atomic E-state index is 0.0863. The Balaban J connectivity index is 2.19. The largest absolute Gasteiger partial charge is 0.496 e. The highest BCUT2D eigenvalue weighted by Gasteiger charge is 2.28. The number of nitrogens with zero attached hydrogens (tertiary/aromatic N) is 1. The number of rotatable bonds is 5. The van der Waals surface area contributed by atoms with E-state index in [0.717, 1.165) is 42.9 Å². The molecule has 0 saturated carbocycles. The first-order chi connectivity index (χ1) is 9.55. The molecule has 1 heterocycles. The van der Waals surface area contributed by atoms with E-state index in [1.165, 1.54) is 0 Å². The van der Waals surface area contributed by atoms with Crippen LogP contribution in [0.1, 0.15) is 36.2 Å². The van der Waals surface area contributed by atoms with Gasteiger partial charge < -0.3 is 10.5 Å². The lowest BCUT2D eigenvalue weighted by Crippen LogP contribution is -2.27. The fourth-order valence-corrected chi connectivity index (χ4v) is 2.95. The highest BCUT2D eigenvalue weighted by atomic mass is 16.5. The number of carbonyl (C=O) groups excluding carboxylic acids is 1. The van der Waals surface area contributed by atoms with Crippen LogP contribution in [0.2, 0.25) is 0 Å². The van der Waals surface area contributed by atoms with E-state index in [-0.39, 0.29) is 5.78 Å². The number of nitrogens with two attached hydrogens (primary N) is 1. The van der Waals surface area contributed by atoms with E-state index >= 15 is 0 Å². The fourth-order valence-electron chi connectivity index (χ4n) is 2.95. The van der Waals surface area contributed by atoms with Crippen LogP contribution in [0.15, 0.2) is 18.2 Å². The molecule has 0 aliphatic carbocycles. The first-order valence-corrected chi connectivity index (χ1v) is 7.17.